The molecule has 0 amide bonds. The third-order valence-corrected chi connectivity index (χ3v) is 4.45. The summed E-state index contributed by atoms with van der Waals surface area (Å²) in [5, 5.41) is 11.7. The van der Waals surface area contributed by atoms with E-state index >= 15 is 0 Å². The SMILES string of the molecule is O=[N+]([O-])c1c(Oc2ccc(Br)cc2)ncnc1Sc1ccccc1. The van der Waals surface area contributed by atoms with E-state index in [1.165, 1.54) is 18.1 Å². The largest absolute Gasteiger partial charge is 0.434 e. The van der Waals surface area contributed by atoms with Gasteiger partial charge in [-0.1, -0.05) is 45.9 Å². The van der Waals surface area contributed by atoms with Gasteiger partial charge in [0.15, 0.2) is 5.03 Å². The summed E-state index contributed by atoms with van der Waals surface area (Å²) in [6.45, 7) is 0. The highest BCUT2D eigenvalue weighted by Gasteiger charge is 2.25. The summed E-state index contributed by atoms with van der Waals surface area (Å²) in [7, 11) is 0. The number of aromatic nitrogens is 2. The highest BCUT2D eigenvalue weighted by atomic mass is 79.9. The van der Waals surface area contributed by atoms with Crippen LogP contribution in [0.2, 0.25) is 0 Å². The molecule has 0 atom stereocenters. The lowest BCUT2D eigenvalue weighted by Crippen LogP contribution is -2.00. The molecule has 1 aromatic heterocycles. The van der Waals surface area contributed by atoms with Crippen molar-refractivity contribution in [3.8, 4) is 11.6 Å². The lowest BCUT2D eigenvalue weighted by molar-refractivity contribution is -0.389. The Labute approximate surface area is 150 Å². The quantitative estimate of drug-likeness (QED) is 0.335. The van der Waals surface area contributed by atoms with Crippen molar-refractivity contribution in [2.75, 3.05) is 0 Å². The van der Waals surface area contributed by atoms with E-state index in [9.17, 15) is 10.1 Å². The second-order valence-corrected chi connectivity index (χ2v) is 6.54. The summed E-state index contributed by atoms with van der Waals surface area (Å²) in [6.07, 6.45) is 1.26. The molecule has 0 bridgehead atoms. The van der Waals surface area contributed by atoms with E-state index in [2.05, 4.69) is 25.9 Å². The molecule has 0 saturated carbocycles. The first-order valence-electron chi connectivity index (χ1n) is 6.79. The zero-order valence-corrected chi connectivity index (χ0v) is 14.5. The molecule has 0 spiro atoms. The molecule has 0 aliphatic heterocycles. The fourth-order valence-corrected chi connectivity index (χ4v) is 3.01. The molecule has 2 aromatic carbocycles. The first kappa shape index (κ1) is 16.4. The van der Waals surface area contributed by atoms with E-state index in [0.717, 1.165) is 9.37 Å². The van der Waals surface area contributed by atoms with Crippen molar-refractivity contribution < 1.29 is 9.66 Å². The van der Waals surface area contributed by atoms with E-state index in [1.54, 1.807) is 24.3 Å². The van der Waals surface area contributed by atoms with Crippen molar-refractivity contribution in [2.45, 2.75) is 9.92 Å². The average molecular weight is 404 g/mol. The molecule has 6 nitrogen and oxygen atoms in total. The van der Waals surface area contributed by atoms with Crippen molar-refractivity contribution >= 4 is 33.4 Å². The summed E-state index contributed by atoms with van der Waals surface area (Å²) >= 11 is 4.51. The van der Waals surface area contributed by atoms with E-state index in [1.807, 2.05) is 30.3 Å². The Morgan fingerprint density at radius 1 is 1.04 bits per heavy atom. The number of hydrogen-bond acceptors (Lipinski definition) is 6. The van der Waals surface area contributed by atoms with Crippen LogP contribution in [0.15, 0.2) is 75.3 Å². The van der Waals surface area contributed by atoms with Crippen LogP contribution in [-0.2, 0) is 0 Å². The van der Waals surface area contributed by atoms with Crippen LogP contribution in [0.1, 0.15) is 0 Å². The van der Waals surface area contributed by atoms with E-state index < -0.39 is 4.92 Å². The minimum Gasteiger partial charge on any atom is -0.434 e. The molecular formula is C16H10BrN3O3S. The van der Waals surface area contributed by atoms with Crippen LogP contribution in [-0.4, -0.2) is 14.9 Å². The smallest absolute Gasteiger partial charge is 0.363 e. The number of nitro groups is 1. The molecule has 0 saturated heterocycles. The van der Waals surface area contributed by atoms with E-state index in [-0.39, 0.29) is 16.6 Å². The summed E-state index contributed by atoms with van der Waals surface area (Å²) in [6, 6.07) is 16.2. The van der Waals surface area contributed by atoms with Gasteiger partial charge in [0.25, 0.3) is 0 Å². The maximum Gasteiger partial charge on any atom is 0.363 e. The fourth-order valence-electron chi connectivity index (χ4n) is 1.87. The molecular weight excluding hydrogens is 394 g/mol. The Bertz CT molecular complexity index is 860. The zero-order valence-electron chi connectivity index (χ0n) is 12.1. The van der Waals surface area contributed by atoms with Crippen LogP contribution in [0.5, 0.6) is 11.6 Å². The molecule has 120 valence electrons. The monoisotopic (exact) mass is 403 g/mol. The number of halogens is 1. The minimum atomic E-state index is -0.528. The topological polar surface area (TPSA) is 78.2 Å². The maximum atomic E-state index is 11.5. The van der Waals surface area contributed by atoms with Crippen molar-refractivity contribution in [1.29, 1.82) is 0 Å². The highest BCUT2D eigenvalue weighted by molar-refractivity contribution is 9.10. The maximum absolute atomic E-state index is 11.5. The standard InChI is InChI=1S/C16H10BrN3O3S/c17-11-6-8-12(9-7-11)23-15-14(20(21)22)16(19-10-18-15)24-13-4-2-1-3-5-13/h1-10H. The van der Waals surface area contributed by atoms with Crippen LogP contribution in [0.3, 0.4) is 0 Å². The second-order valence-electron chi connectivity index (χ2n) is 4.56. The Morgan fingerprint density at radius 2 is 1.75 bits per heavy atom. The molecule has 0 fully saturated rings. The molecule has 0 radical (unpaired) electrons. The van der Waals surface area contributed by atoms with Gasteiger partial charge < -0.3 is 4.74 Å². The van der Waals surface area contributed by atoms with Crippen molar-refractivity contribution in [2.24, 2.45) is 0 Å². The number of rotatable bonds is 5. The van der Waals surface area contributed by atoms with Crippen LogP contribution in [0.25, 0.3) is 0 Å². The molecule has 24 heavy (non-hydrogen) atoms. The van der Waals surface area contributed by atoms with Gasteiger partial charge in [-0.05, 0) is 36.4 Å². The number of benzene rings is 2. The van der Waals surface area contributed by atoms with Gasteiger partial charge in [0.05, 0.1) is 4.92 Å². The first-order valence-corrected chi connectivity index (χ1v) is 8.40. The van der Waals surface area contributed by atoms with E-state index in [4.69, 9.17) is 4.74 Å². The second kappa shape index (κ2) is 7.41. The number of nitrogens with zero attached hydrogens (tertiary/aromatic N) is 3. The van der Waals surface area contributed by atoms with Gasteiger partial charge in [0.1, 0.15) is 12.1 Å². The van der Waals surface area contributed by atoms with Crippen LogP contribution >= 0.6 is 27.7 Å². The Hall–Kier alpha value is -2.45. The Morgan fingerprint density at radius 3 is 2.42 bits per heavy atom. The summed E-state index contributed by atoms with van der Waals surface area (Å²) in [5.74, 6) is 0.367. The van der Waals surface area contributed by atoms with Crippen molar-refractivity contribution in [3.05, 3.63) is 75.5 Å². The third kappa shape index (κ3) is 3.90. The van der Waals surface area contributed by atoms with Gasteiger partial charge in [-0.25, -0.2) is 4.98 Å². The number of hydrogen-bond donors (Lipinski definition) is 0. The summed E-state index contributed by atoms with van der Waals surface area (Å²) < 4.78 is 6.46. The zero-order chi connectivity index (χ0) is 16.9. The molecule has 3 rings (SSSR count). The van der Waals surface area contributed by atoms with Crippen LogP contribution in [0, 0.1) is 10.1 Å². The third-order valence-electron chi connectivity index (χ3n) is 2.92. The average Bonchev–Trinajstić information content (AvgIpc) is 2.58. The molecule has 0 N–H and O–H groups in total. The van der Waals surface area contributed by atoms with E-state index in [0.29, 0.717) is 5.75 Å². The molecule has 0 aliphatic carbocycles. The first-order chi connectivity index (χ1) is 11.6. The fraction of sp³-hybridized carbons (Fsp3) is 0. The lowest BCUT2D eigenvalue weighted by atomic mass is 10.3. The lowest BCUT2D eigenvalue weighted by Gasteiger charge is -2.07. The molecule has 0 unspecified atom stereocenters. The molecule has 0 aliphatic rings. The molecule has 3 aromatic rings. The van der Waals surface area contributed by atoms with Crippen molar-refractivity contribution in [3.63, 3.8) is 0 Å². The van der Waals surface area contributed by atoms with Gasteiger partial charge in [0.2, 0.25) is 0 Å². The highest BCUT2D eigenvalue weighted by Crippen LogP contribution is 2.39. The summed E-state index contributed by atoms with van der Waals surface area (Å²) in [5.41, 5.74) is -0.255. The van der Waals surface area contributed by atoms with Crippen LogP contribution in [0.4, 0.5) is 5.69 Å². The van der Waals surface area contributed by atoms with Gasteiger partial charge >= 0.3 is 11.6 Å². The Kier molecular flexibility index (Phi) is 5.07. The van der Waals surface area contributed by atoms with Gasteiger partial charge in [-0.15, -0.1) is 0 Å². The predicted octanol–water partition coefficient (Wildman–Crippen LogP) is 5.09. The molecule has 8 heteroatoms. The summed E-state index contributed by atoms with van der Waals surface area (Å²) in [4.78, 5) is 19.8. The van der Waals surface area contributed by atoms with Gasteiger partial charge in [0, 0.05) is 9.37 Å². The Balaban J connectivity index is 1.96. The van der Waals surface area contributed by atoms with Gasteiger partial charge in [-0.3, -0.25) is 10.1 Å². The molecule has 1 heterocycles. The minimum absolute atomic E-state index is 0.0873. The van der Waals surface area contributed by atoms with Crippen LogP contribution < -0.4 is 4.74 Å². The predicted molar refractivity (Wildman–Crippen MR) is 93.5 cm³/mol. The van der Waals surface area contributed by atoms with Crippen molar-refractivity contribution in [1.82, 2.24) is 9.97 Å². The number of ether oxygens (including phenoxy) is 1. The normalized spacial score (nSPS) is 10.4. The van der Waals surface area contributed by atoms with Gasteiger partial charge in [-0.2, -0.15) is 4.98 Å².